The van der Waals surface area contributed by atoms with Crippen LogP contribution in [-0.2, 0) is 4.79 Å². The van der Waals surface area contributed by atoms with Crippen LogP contribution in [0.4, 0.5) is 0 Å². The maximum absolute atomic E-state index is 12.0. The van der Waals surface area contributed by atoms with Crippen molar-refractivity contribution in [2.45, 2.75) is 37.8 Å². The molecule has 0 radical (unpaired) electrons. The van der Waals surface area contributed by atoms with Gasteiger partial charge in [0.15, 0.2) is 0 Å². The molecule has 1 aliphatic carbocycles. The number of nitrogens with one attached hydrogen (secondary N) is 1. The molecule has 0 spiro atoms. The molecule has 7 heteroatoms. The molecular weight excluding hydrogens is 336 g/mol. The van der Waals surface area contributed by atoms with E-state index in [4.69, 9.17) is 10.00 Å². The van der Waals surface area contributed by atoms with Crippen LogP contribution < -0.4 is 10.1 Å². The minimum absolute atomic E-state index is 0.00128. The van der Waals surface area contributed by atoms with Crippen molar-refractivity contribution in [2.75, 3.05) is 0 Å². The van der Waals surface area contributed by atoms with Crippen LogP contribution in [0.1, 0.15) is 36.3 Å². The number of carbonyl (C=O) groups excluding carboxylic acids is 1. The average Bonchev–Trinajstić information content (AvgIpc) is 3.16. The summed E-state index contributed by atoms with van der Waals surface area (Å²) in [6, 6.07) is 6.06. The highest BCUT2D eigenvalue weighted by atomic mass is 32.1. The van der Waals surface area contributed by atoms with Gasteiger partial charge in [0.05, 0.1) is 0 Å². The van der Waals surface area contributed by atoms with Crippen molar-refractivity contribution >= 4 is 23.3 Å². The van der Waals surface area contributed by atoms with Gasteiger partial charge in [0, 0.05) is 29.4 Å². The minimum atomic E-state index is -0.0709. The highest BCUT2D eigenvalue weighted by molar-refractivity contribution is 7.10. The van der Waals surface area contributed by atoms with Gasteiger partial charge >= 0.3 is 0 Å². The normalized spacial score (nSPS) is 20.1. The molecule has 1 fully saturated rings. The Labute approximate surface area is 150 Å². The van der Waals surface area contributed by atoms with Crippen molar-refractivity contribution < 1.29 is 9.53 Å². The van der Waals surface area contributed by atoms with E-state index in [2.05, 4.69) is 15.3 Å². The standard InChI is InChI=1S/C18H18N4O2S/c19-12-16-18(21-10-9-20-16)24-14-5-3-13(4-6-14)22-17(23)8-7-15-2-1-11-25-15/h1-2,7-11,13-14H,3-6H2,(H,22,23)/b8-7+. The molecule has 6 nitrogen and oxygen atoms in total. The molecule has 0 saturated heterocycles. The van der Waals surface area contributed by atoms with E-state index < -0.39 is 0 Å². The fourth-order valence-corrected chi connectivity index (χ4v) is 3.38. The second kappa shape index (κ2) is 8.40. The Morgan fingerprint density at radius 2 is 2.12 bits per heavy atom. The van der Waals surface area contributed by atoms with Gasteiger partial charge in [-0.3, -0.25) is 4.79 Å². The van der Waals surface area contributed by atoms with Gasteiger partial charge in [-0.1, -0.05) is 6.07 Å². The second-order valence-electron chi connectivity index (χ2n) is 5.77. The topological polar surface area (TPSA) is 87.9 Å². The number of amides is 1. The van der Waals surface area contributed by atoms with Crippen LogP contribution >= 0.6 is 11.3 Å². The van der Waals surface area contributed by atoms with E-state index in [1.54, 1.807) is 17.4 Å². The molecule has 1 amide bonds. The zero-order chi connectivity index (χ0) is 17.5. The third-order valence-electron chi connectivity index (χ3n) is 4.01. The van der Waals surface area contributed by atoms with Gasteiger partial charge in [0.1, 0.15) is 12.2 Å². The molecule has 25 heavy (non-hydrogen) atoms. The monoisotopic (exact) mass is 354 g/mol. The van der Waals surface area contributed by atoms with E-state index in [1.807, 2.05) is 29.7 Å². The van der Waals surface area contributed by atoms with Crippen molar-refractivity contribution in [3.05, 3.63) is 46.6 Å². The van der Waals surface area contributed by atoms with Crippen molar-refractivity contribution in [3.8, 4) is 11.9 Å². The van der Waals surface area contributed by atoms with E-state index in [-0.39, 0.29) is 29.6 Å². The lowest BCUT2D eigenvalue weighted by atomic mass is 9.93. The molecule has 0 atom stereocenters. The summed E-state index contributed by atoms with van der Waals surface area (Å²) < 4.78 is 5.81. The number of hydrogen-bond donors (Lipinski definition) is 1. The van der Waals surface area contributed by atoms with Gasteiger partial charge in [-0.2, -0.15) is 5.26 Å². The average molecular weight is 354 g/mol. The number of carbonyl (C=O) groups is 1. The lowest BCUT2D eigenvalue weighted by Gasteiger charge is -2.28. The van der Waals surface area contributed by atoms with Gasteiger partial charge < -0.3 is 10.1 Å². The van der Waals surface area contributed by atoms with Crippen molar-refractivity contribution in [1.82, 2.24) is 15.3 Å². The van der Waals surface area contributed by atoms with E-state index >= 15 is 0 Å². The van der Waals surface area contributed by atoms with Crippen LogP contribution in [0.2, 0.25) is 0 Å². The summed E-state index contributed by atoms with van der Waals surface area (Å²) >= 11 is 1.60. The van der Waals surface area contributed by atoms with Gasteiger partial charge in [-0.15, -0.1) is 11.3 Å². The molecule has 1 N–H and O–H groups in total. The van der Waals surface area contributed by atoms with Crippen LogP contribution in [0.5, 0.6) is 5.88 Å². The highest BCUT2D eigenvalue weighted by Gasteiger charge is 2.24. The Morgan fingerprint density at radius 1 is 1.32 bits per heavy atom. The smallest absolute Gasteiger partial charge is 0.251 e. The number of aromatic nitrogens is 2. The van der Waals surface area contributed by atoms with Crippen LogP contribution in [0.15, 0.2) is 36.0 Å². The Kier molecular flexibility index (Phi) is 5.75. The predicted molar refractivity (Wildman–Crippen MR) is 94.9 cm³/mol. The van der Waals surface area contributed by atoms with Gasteiger partial charge in [-0.25, -0.2) is 9.97 Å². The third-order valence-corrected chi connectivity index (χ3v) is 4.85. The van der Waals surface area contributed by atoms with E-state index in [1.165, 1.54) is 12.4 Å². The fourth-order valence-electron chi connectivity index (χ4n) is 2.76. The summed E-state index contributed by atoms with van der Waals surface area (Å²) in [5.41, 5.74) is 0.205. The molecular formula is C18H18N4O2S. The third kappa shape index (κ3) is 4.88. The number of hydrogen-bond acceptors (Lipinski definition) is 6. The molecule has 2 heterocycles. The van der Waals surface area contributed by atoms with Gasteiger partial charge in [0.2, 0.25) is 11.6 Å². The van der Waals surface area contributed by atoms with E-state index in [9.17, 15) is 4.79 Å². The lowest BCUT2D eigenvalue weighted by molar-refractivity contribution is -0.117. The quantitative estimate of drug-likeness (QED) is 0.834. The molecule has 0 unspecified atom stereocenters. The summed E-state index contributed by atoms with van der Waals surface area (Å²) in [5, 5.41) is 14.0. The number of nitrogens with zero attached hydrogens (tertiary/aromatic N) is 3. The maximum Gasteiger partial charge on any atom is 0.251 e. The zero-order valence-electron chi connectivity index (χ0n) is 13.6. The highest BCUT2D eigenvalue weighted by Crippen LogP contribution is 2.24. The fraction of sp³-hybridized carbons (Fsp3) is 0.333. The van der Waals surface area contributed by atoms with Crippen LogP contribution in [-0.4, -0.2) is 28.0 Å². The molecule has 128 valence electrons. The Hall–Kier alpha value is -2.72. The van der Waals surface area contributed by atoms with Crippen LogP contribution in [0.25, 0.3) is 6.08 Å². The summed E-state index contributed by atoms with van der Waals surface area (Å²) in [7, 11) is 0. The summed E-state index contributed by atoms with van der Waals surface area (Å²) in [5.74, 6) is 0.217. The summed E-state index contributed by atoms with van der Waals surface area (Å²) in [4.78, 5) is 21.1. The lowest BCUT2D eigenvalue weighted by Crippen LogP contribution is -2.39. The molecule has 3 rings (SSSR count). The van der Waals surface area contributed by atoms with Crippen LogP contribution in [0, 0.1) is 11.3 Å². The van der Waals surface area contributed by atoms with Gasteiger partial charge in [-0.05, 0) is 43.2 Å². The van der Waals surface area contributed by atoms with Crippen molar-refractivity contribution in [1.29, 1.82) is 5.26 Å². The minimum Gasteiger partial charge on any atom is -0.472 e. The Morgan fingerprint density at radius 3 is 2.84 bits per heavy atom. The Balaban J connectivity index is 1.45. The van der Waals surface area contributed by atoms with E-state index in [0.717, 1.165) is 30.6 Å². The Bertz CT molecular complexity index is 775. The first-order chi connectivity index (χ1) is 12.2. The molecule has 0 aliphatic heterocycles. The number of nitriles is 1. The molecule has 1 saturated carbocycles. The van der Waals surface area contributed by atoms with E-state index in [0.29, 0.717) is 0 Å². The van der Waals surface area contributed by atoms with Gasteiger partial charge in [0.25, 0.3) is 5.88 Å². The predicted octanol–water partition coefficient (Wildman–Crippen LogP) is 2.93. The van der Waals surface area contributed by atoms with Crippen molar-refractivity contribution in [3.63, 3.8) is 0 Å². The van der Waals surface area contributed by atoms with Crippen LogP contribution in [0.3, 0.4) is 0 Å². The zero-order valence-corrected chi connectivity index (χ0v) is 14.4. The number of ether oxygens (including phenoxy) is 1. The first-order valence-corrected chi connectivity index (χ1v) is 9.02. The summed E-state index contributed by atoms with van der Waals surface area (Å²) in [6.07, 6.45) is 9.68. The second-order valence-corrected chi connectivity index (χ2v) is 6.75. The molecule has 0 aromatic carbocycles. The maximum atomic E-state index is 12.0. The number of rotatable bonds is 5. The SMILES string of the molecule is N#Cc1nccnc1OC1CCC(NC(=O)/C=C/c2cccs2)CC1. The first kappa shape index (κ1) is 17.1. The molecule has 1 aliphatic rings. The van der Waals surface area contributed by atoms with Crippen molar-refractivity contribution in [2.24, 2.45) is 0 Å². The largest absolute Gasteiger partial charge is 0.472 e. The first-order valence-electron chi connectivity index (χ1n) is 8.14. The number of thiophene rings is 1. The summed E-state index contributed by atoms with van der Waals surface area (Å²) in [6.45, 7) is 0. The molecule has 2 aromatic heterocycles. The molecule has 2 aromatic rings. The molecule has 0 bridgehead atoms.